The van der Waals surface area contributed by atoms with Crippen LogP contribution in [0.4, 0.5) is 0 Å². The van der Waals surface area contributed by atoms with Crippen molar-refractivity contribution in [2.75, 3.05) is 32.7 Å². The minimum absolute atomic E-state index is 0.733. The molecule has 2 bridgehead atoms. The number of nitrogens with zero attached hydrogens (tertiary/aromatic N) is 3. The first kappa shape index (κ1) is 12.9. The molecule has 0 N–H and O–H groups in total. The second-order valence-electron chi connectivity index (χ2n) is 6.69. The summed E-state index contributed by atoms with van der Waals surface area (Å²) in [5.74, 6) is 0. The van der Waals surface area contributed by atoms with E-state index in [0.717, 1.165) is 24.2 Å². The maximum atomic E-state index is 2.86. The molecule has 0 aromatic rings. The van der Waals surface area contributed by atoms with Gasteiger partial charge in [0, 0.05) is 37.3 Å². The van der Waals surface area contributed by atoms with Crippen molar-refractivity contribution in [3.63, 3.8) is 0 Å². The summed E-state index contributed by atoms with van der Waals surface area (Å²) in [5.41, 5.74) is 0. The monoisotopic (exact) mass is 251 g/mol. The maximum Gasteiger partial charge on any atom is 0.0242 e. The van der Waals surface area contributed by atoms with E-state index in [1.54, 1.807) is 0 Å². The number of likely N-dealkylation sites (tertiary alicyclic amines) is 3. The highest BCUT2D eigenvalue weighted by atomic mass is 15.4. The highest BCUT2D eigenvalue weighted by molar-refractivity contribution is 5.02. The zero-order valence-electron chi connectivity index (χ0n) is 12.3. The number of rotatable bonds is 3. The molecule has 3 nitrogen and oxygen atoms in total. The molecule has 18 heavy (non-hydrogen) atoms. The van der Waals surface area contributed by atoms with Crippen LogP contribution in [0.15, 0.2) is 0 Å². The maximum absolute atomic E-state index is 2.86. The molecule has 0 radical (unpaired) electrons. The van der Waals surface area contributed by atoms with Gasteiger partial charge in [-0.1, -0.05) is 6.92 Å². The number of hydrogen-bond donors (Lipinski definition) is 0. The van der Waals surface area contributed by atoms with Crippen LogP contribution in [0.5, 0.6) is 0 Å². The van der Waals surface area contributed by atoms with Gasteiger partial charge >= 0.3 is 0 Å². The predicted molar refractivity (Wildman–Crippen MR) is 75.9 cm³/mol. The van der Waals surface area contributed by atoms with E-state index in [1.807, 2.05) is 0 Å². The average molecular weight is 251 g/mol. The molecule has 3 aliphatic heterocycles. The Labute approximate surface area is 112 Å². The highest BCUT2D eigenvalue weighted by Crippen LogP contribution is 2.34. The predicted octanol–water partition coefficient (Wildman–Crippen LogP) is 1.64. The van der Waals surface area contributed by atoms with Crippen LogP contribution in [0.2, 0.25) is 0 Å². The van der Waals surface area contributed by atoms with Gasteiger partial charge in [-0.05, 0) is 52.7 Å². The summed E-state index contributed by atoms with van der Waals surface area (Å²) in [6, 6.07) is 3.37. The van der Waals surface area contributed by atoms with Crippen molar-refractivity contribution in [2.24, 2.45) is 0 Å². The summed E-state index contributed by atoms with van der Waals surface area (Å²) >= 11 is 0. The molecular weight excluding hydrogens is 222 g/mol. The normalized spacial score (nSPS) is 36.0. The van der Waals surface area contributed by atoms with Gasteiger partial charge in [0.2, 0.25) is 0 Å². The molecule has 3 heteroatoms. The van der Waals surface area contributed by atoms with Gasteiger partial charge in [-0.25, -0.2) is 0 Å². The summed E-state index contributed by atoms with van der Waals surface area (Å²) in [7, 11) is 0. The van der Waals surface area contributed by atoms with Gasteiger partial charge in [0.25, 0.3) is 0 Å². The van der Waals surface area contributed by atoms with E-state index in [-0.39, 0.29) is 0 Å². The van der Waals surface area contributed by atoms with E-state index < -0.39 is 0 Å². The average Bonchev–Trinajstić information content (AvgIpc) is 2.98. The molecular formula is C15H29N3. The molecule has 0 saturated carbocycles. The lowest BCUT2D eigenvalue weighted by Gasteiger charge is -2.43. The summed E-state index contributed by atoms with van der Waals surface area (Å²) in [4.78, 5) is 8.18. The minimum atomic E-state index is 0.733. The molecule has 0 amide bonds. The topological polar surface area (TPSA) is 9.72 Å². The van der Waals surface area contributed by atoms with Crippen LogP contribution < -0.4 is 0 Å². The van der Waals surface area contributed by atoms with Gasteiger partial charge in [0.15, 0.2) is 0 Å². The third-order valence-electron chi connectivity index (χ3n) is 5.50. The van der Waals surface area contributed by atoms with Gasteiger partial charge in [-0.3, -0.25) is 9.80 Å². The third kappa shape index (κ3) is 2.21. The van der Waals surface area contributed by atoms with Crippen LogP contribution in [0.25, 0.3) is 0 Å². The number of piperidine rings is 1. The summed E-state index contributed by atoms with van der Waals surface area (Å²) < 4.78 is 0. The fraction of sp³-hybridized carbons (Fsp3) is 1.00. The molecule has 0 spiro atoms. The van der Waals surface area contributed by atoms with E-state index in [0.29, 0.717) is 0 Å². The Kier molecular flexibility index (Phi) is 3.65. The minimum Gasteiger partial charge on any atom is -0.301 e. The Morgan fingerprint density at radius 2 is 1.72 bits per heavy atom. The van der Waals surface area contributed by atoms with Crippen molar-refractivity contribution in [3.8, 4) is 0 Å². The quantitative estimate of drug-likeness (QED) is 0.755. The molecule has 0 aliphatic carbocycles. The Morgan fingerprint density at radius 3 is 2.22 bits per heavy atom. The molecule has 3 fully saturated rings. The largest absolute Gasteiger partial charge is 0.301 e. The molecule has 2 atom stereocenters. The molecule has 0 aromatic heterocycles. The fourth-order valence-electron chi connectivity index (χ4n) is 4.35. The number of piperazine rings is 1. The number of fused-ring (bicyclic) bond motifs is 2. The van der Waals surface area contributed by atoms with Crippen LogP contribution in [0, 0.1) is 0 Å². The molecule has 3 heterocycles. The summed E-state index contributed by atoms with van der Waals surface area (Å²) in [6.45, 7) is 13.5. The zero-order valence-corrected chi connectivity index (χ0v) is 12.3. The van der Waals surface area contributed by atoms with Gasteiger partial charge in [-0.2, -0.15) is 0 Å². The molecule has 0 aromatic carbocycles. The molecule has 2 unspecified atom stereocenters. The SMILES string of the molecule is CCN1CC2CC1CN2C1CCN(C(C)C)CC1. The van der Waals surface area contributed by atoms with E-state index in [9.17, 15) is 0 Å². The van der Waals surface area contributed by atoms with Crippen molar-refractivity contribution in [1.29, 1.82) is 0 Å². The first-order valence-electron chi connectivity index (χ1n) is 7.93. The van der Waals surface area contributed by atoms with Gasteiger partial charge in [-0.15, -0.1) is 0 Å². The Morgan fingerprint density at radius 1 is 1.00 bits per heavy atom. The van der Waals surface area contributed by atoms with Crippen molar-refractivity contribution in [3.05, 3.63) is 0 Å². The van der Waals surface area contributed by atoms with Crippen molar-refractivity contribution in [1.82, 2.24) is 14.7 Å². The van der Waals surface area contributed by atoms with Crippen molar-refractivity contribution in [2.45, 2.75) is 64.2 Å². The number of hydrogen-bond acceptors (Lipinski definition) is 3. The second-order valence-corrected chi connectivity index (χ2v) is 6.69. The van der Waals surface area contributed by atoms with Crippen molar-refractivity contribution < 1.29 is 0 Å². The second kappa shape index (κ2) is 5.10. The fourth-order valence-corrected chi connectivity index (χ4v) is 4.35. The lowest BCUT2D eigenvalue weighted by molar-refractivity contribution is 0.0497. The Hall–Kier alpha value is -0.120. The highest BCUT2D eigenvalue weighted by Gasteiger charge is 2.45. The van der Waals surface area contributed by atoms with Gasteiger partial charge < -0.3 is 4.90 Å². The van der Waals surface area contributed by atoms with E-state index in [4.69, 9.17) is 0 Å². The molecule has 3 rings (SSSR count). The van der Waals surface area contributed by atoms with Crippen LogP contribution >= 0.6 is 0 Å². The van der Waals surface area contributed by atoms with E-state index >= 15 is 0 Å². The standard InChI is InChI=1S/C15H29N3/c1-4-16-10-15-9-14(16)11-18(15)13-5-7-17(8-6-13)12(2)3/h12-15H,4-11H2,1-3H3. The van der Waals surface area contributed by atoms with Crippen LogP contribution in [0.3, 0.4) is 0 Å². The molecule has 104 valence electrons. The van der Waals surface area contributed by atoms with Crippen molar-refractivity contribution >= 4 is 0 Å². The Bertz CT molecular complexity index is 283. The lowest BCUT2D eigenvalue weighted by Crippen LogP contribution is -2.53. The number of likely N-dealkylation sites (N-methyl/N-ethyl adjacent to an activating group) is 1. The smallest absolute Gasteiger partial charge is 0.0242 e. The summed E-state index contributed by atoms with van der Waals surface area (Å²) in [6.07, 6.45) is 4.24. The van der Waals surface area contributed by atoms with Gasteiger partial charge in [0.05, 0.1) is 0 Å². The lowest BCUT2D eigenvalue weighted by atomic mass is 10.0. The first-order chi connectivity index (χ1) is 8.69. The third-order valence-corrected chi connectivity index (χ3v) is 5.50. The van der Waals surface area contributed by atoms with E-state index in [1.165, 1.54) is 52.0 Å². The van der Waals surface area contributed by atoms with Crippen LogP contribution in [-0.2, 0) is 0 Å². The van der Waals surface area contributed by atoms with Crippen LogP contribution in [0.1, 0.15) is 40.0 Å². The Balaban J connectivity index is 1.53. The van der Waals surface area contributed by atoms with E-state index in [2.05, 4.69) is 35.5 Å². The van der Waals surface area contributed by atoms with Crippen LogP contribution in [-0.4, -0.2) is 71.6 Å². The summed E-state index contributed by atoms with van der Waals surface area (Å²) in [5, 5.41) is 0. The van der Waals surface area contributed by atoms with Gasteiger partial charge in [0.1, 0.15) is 0 Å². The first-order valence-corrected chi connectivity index (χ1v) is 7.93. The molecule has 3 aliphatic rings. The zero-order chi connectivity index (χ0) is 12.7. The molecule has 3 saturated heterocycles.